The number of fused-ring (bicyclic) bond motifs is 1. The molecule has 0 spiro atoms. The molecule has 6 heteroatoms. The second-order valence-electron chi connectivity index (χ2n) is 7.59. The van der Waals surface area contributed by atoms with Crippen molar-refractivity contribution in [3.63, 3.8) is 0 Å². The number of rotatable bonds is 3. The van der Waals surface area contributed by atoms with E-state index >= 15 is 0 Å². The summed E-state index contributed by atoms with van der Waals surface area (Å²) in [5.74, 6) is 0.513. The maximum atomic E-state index is 12.2. The molecule has 132 valence electrons. The van der Waals surface area contributed by atoms with Crippen LogP contribution in [-0.4, -0.2) is 29.1 Å². The number of pyridine rings is 1. The Hall–Kier alpha value is -1.50. The lowest BCUT2D eigenvalue weighted by atomic mass is 9.78. The number of aryl methyl sites for hydroxylation is 1. The highest BCUT2D eigenvalue weighted by Crippen LogP contribution is 2.39. The molecule has 2 aromatic rings. The Morgan fingerprint density at radius 3 is 2.44 bits per heavy atom. The molecule has 0 saturated carbocycles. The van der Waals surface area contributed by atoms with E-state index in [9.17, 15) is 4.79 Å². The van der Waals surface area contributed by atoms with E-state index in [1.165, 1.54) is 0 Å². The number of H-pyrrole nitrogens is 1. The zero-order valence-electron chi connectivity index (χ0n) is 15.3. The average molecular weight is 357 g/mol. The van der Waals surface area contributed by atoms with Crippen molar-refractivity contribution < 1.29 is 9.31 Å². The van der Waals surface area contributed by atoms with Gasteiger partial charge in [-0.2, -0.15) is 12.6 Å². The van der Waals surface area contributed by atoms with Gasteiger partial charge in [-0.15, -0.1) is 0 Å². The van der Waals surface area contributed by atoms with E-state index in [0.717, 1.165) is 22.2 Å². The summed E-state index contributed by atoms with van der Waals surface area (Å²) in [5, 5.41) is 0.673. The molecular weight excluding hydrogens is 333 g/mol. The van der Waals surface area contributed by atoms with Crippen molar-refractivity contribution >= 4 is 36.7 Å². The number of nitrogens with one attached hydrogen (secondary N) is 1. The van der Waals surface area contributed by atoms with Gasteiger partial charge in [-0.1, -0.05) is 12.1 Å². The van der Waals surface area contributed by atoms with E-state index < -0.39 is 18.3 Å². The van der Waals surface area contributed by atoms with Crippen molar-refractivity contribution in [3.8, 4) is 0 Å². The van der Waals surface area contributed by atoms with Gasteiger partial charge in [0.15, 0.2) is 5.43 Å². The Balaban J connectivity index is 1.98. The smallest absolute Gasteiger partial charge is 0.400 e. The molecule has 1 aliphatic heterocycles. The molecule has 1 N–H and O–H groups in total. The number of hydrogen-bond acceptors (Lipinski definition) is 4. The molecule has 4 nitrogen and oxygen atoms in total. The van der Waals surface area contributed by atoms with Gasteiger partial charge in [0.25, 0.3) is 0 Å². The number of benzene rings is 1. The molecule has 0 amide bonds. The molecule has 1 aromatic carbocycles. The SMILES string of the molecule is Cc1cc(=O)c2cc(C=C(CS)B3OC(C)(C)C(C)(C)O3)ccc2[nH]1. The van der Waals surface area contributed by atoms with E-state index in [2.05, 4.69) is 17.6 Å². The van der Waals surface area contributed by atoms with E-state index in [0.29, 0.717) is 11.1 Å². The molecule has 1 fully saturated rings. The van der Waals surface area contributed by atoms with Crippen LogP contribution in [0.4, 0.5) is 0 Å². The minimum absolute atomic E-state index is 0.0181. The van der Waals surface area contributed by atoms with Crippen molar-refractivity contribution in [2.24, 2.45) is 0 Å². The molecule has 0 radical (unpaired) electrons. The van der Waals surface area contributed by atoms with E-state index in [1.54, 1.807) is 6.07 Å². The number of thiol groups is 1. The highest BCUT2D eigenvalue weighted by molar-refractivity contribution is 7.80. The molecular formula is C19H24BNO3S. The lowest BCUT2D eigenvalue weighted by molar-refractivity contribution is 0.00578. The van der Waals surface area contributed by atoms with Crippen LogP contribution in [0.5, 0.6) is 0 Å². The van der Waals surface area contributed by atoms with Crippen molar-refractivity contribution in [1.29, 1.82) is 0 Å². The molecule has 1 aliphatic rings. The van der Waals surface area contributed by atoms with E-state index in [4.69, 9.17) is 9.31 Å². The zero-order valence-corrected chi connectivity index (χ0v) is 16.2. The van der Waals surface area contributed by atoms with Crippen molar-refractivity contribution in [3.05, 3.63) is 51.2 Å². The third-order valence-corrected chi connectivity index (χ3v) is 5.44. The molecule has 0 atom stereocenters. The summed E-state index contributed by atoms with van der Waals surface area (Å²) in [6, 6.07) is 7.41. The Morgan fingerprint density at radius 1 is 1.20 bits per heavy atom. The van der Waals surface area contributed by atoms with Crippen LogP contribution >= 0.6 is 12.6 Å². The third kappa shape index (κ3) is 3.43. The fraction of sp³-hybridized carbons (Fsp3) is 0.421. The molecule has 0 bridgehead atoms. The first-order chi connectivity index (χ1) is 11.6. The summed E-state index contributed by atoms with van der Waals surface area (Å²) in [5.41, 5.74) is 2.80. The van der Waals surface area contributed by atoms with Crippen molar-refractivity contribution in [2.45, 2.75) is 45.8 Å². The van der Waals surface area contributed by atoms with Gasteiger partial charge in [-0.25, -0.2) is 0 Å². The van der Waals surface area contributed by atoms with Crippen LogP contribution in [-0.2, 0) is 9.31 Å². The van der Waals surface area contributed by atoms with Gasteiger partial charge in [-0.3, -0.25) is 4.79 Å². The van der Waals surface area contributed by atoms with Gasteiger partial charge >= 0.3 is 7.12 Å². The third-order valence-electron chi connectivity index (χ3n) is 5.08. The van der Waals surface area contributed by atoms with Gasteiger partial charge in [0.05, 0.1) is 11.2 Å². The highest BCUT2D eigenvalue weighted by Gasteiger charge is 2.52. The van der Waals surface area contributed by atoms with Gasteiger partial charge in [-0.05, 0) is 57.8 Å². The Kier molecular flexibility index (Phi) is 4.64. The fourth-order valence-electron chi connectivity index (χ4n) is 2.88. The molecule has 1 aromatic heterocycles. The van der Waals surface area contributed by atoms with Crippen LogP contribution in [0, 0.1) is 6.92 Å². The van der Waals surface area contributed by atoms with Crippen LogP contribution in [0.3, 0.4) is 0 Å². The van der Waals surface area contributed by atoms with Gasteiger partial charge in [0, 0.05) is 28.4 Å². The average Bonchev–Trinajstić information content (AvgIpc) is 2.73. The first-order valence-electron chi connectivity index (χ1n) is 8.43. The Bertz CT molecular complexity index is 885. The summed E-state index contributed by atoms with van der Waals surface area (Å²) < 4.78 is 12.2. The minimum atomic E-state index is -0.436. The van der Waals surface area contributed by atoms with E-state index in [-0.39, 0.29) is 5.43 Å². The van der Waals surface area contributed by atoms with Gasteiger partial charge < -0.3 is 14.3 Å². The van der Waals surface area contributed by atoms with Crippen LogP contribution in [0.25, 0.3) is 17.0 Å². The predicted octanol–water partition coefficient (Wildman–Crippen LogP) is 3.78. The number of aromatic amines is 1. The molecule has 1 saturated heterocycles. The molecule has 2 heterocycles. The summed E-state index contributed by atoms with van der Waals surface area (Å²) in [4.78, 5) is 15.4. The van der Waals surface area contributed by atoms with Crippen LogP contribution in [0.2, 0.25) is 0 Å². The fourth-order valence-corrected chi connectivity index (χ4v) is 3.12. The second-order valence-corrected chi connectivity index (χ2v) is 7.90. The summed E-state index contributed by atoms with van der Waals surface area (Å²) in [6.07, 6.45) is 1.99. The standard InChI is InChI=1S/C19H24BNO3S/c1-12-8-17(22)15-10-13(6-7-16(15)21-12)9-14(11-25)20-23-18(2,3)19(4,5)24-20/h6-10,25H,11H2,1-5H3,(H,21,22). The van der Waals surface area contributed by atoms with Crippen LogP contribution in [0.15, 0.2) is 34.5 Å². The summed E-state index contributed by atoms with van der Waals surface area (Å²) >= 11 is 4.45. The zero-order chi connectivity index (χ0) is 18.4. The molecule has 0 unspecified atom stereocenters. The summed E-state index contributed by atoms with van der Waals surface area (Å²) in [6.45, 7) is 10.00. The molecule has 25 heavy (non-hydrogen) atoms. The second kappa shape index (κ2) is 6.34. The Morgan fingerprint density at radius 2 is 1.84 bits per heavy atom. The number of aromatic nitrogens is 1. The van der Waals surface area contributed by atoms with E-state index in [1.807, 2.05) is 58.9 Å². The lowest BCUT2D eigenvalue weighted by Gasteiger charge is -2.32. The number of hydrogen-bond donors (Lipinski definition) is 2. The van der Waals surface area contributed by atoms with Crippen LogP contribution < -0.4 is 5.43 Å². The van der Waals surface area contributed by atoms with Gasteiger partial charge in [0.2, 0.25) is 0 Å². The normalized spacial score (nSPS) is 19.6. The van der Waals surface area contributed by atoms with Crippen molar-refractivity contribution in [2.75, 3.05) is 5.75 Å². The first-order valence-corrected chi connectivity index (χ1v) is 9.07. The maximum absolute atomic E-state index is 12.2. The molecule has 3 rings (SSSR count). The van der Waals surface area contributed by atoms with Gasteiger partial charge in [0.1, 0.15) is 0 Å². The largest absolute Gasteiger partial charge is 0.491 e. The van der Waals surface area contributed by atoms with Crippen molar-refractivity contribution in [1.82, 2.24) is 4.98 Å². The minimum Gasteiger partial charge on any atom is -0.400 e. The first kappa shape index (κ1) is 18.3. The Labute approximate surface area is 154 Å². The highest BCUT2D eigenvalue weighted by atomic mass is 32.1. The predicted molar refractivity (Wildman–Crippen MR) is 107 cm³/mol. The van der Waals surface area contributed by atoms with Crippen LogP contribution in [0.1, 0.15) is 39.0 Å². The summed E-state index contributed by atoms with van der Waals surface area (Å²) in [7, 11) is -0.436. The maximum Gasteiger partial charge on any atom is 0.491 e. The quantitative estimate of drug-likeness (QED) is 0.649. The monoisotopic (exact) mass is 357 g/mol. The lowest BCUT2D eigenvalue weighted by Crippen LogP contribution is -2.41. The topological polar surface area (TPSA) is 51.3 Å². The molecule has 0 aliphatic carbocycles.